The lowest BCUT2D eigenvalue weighted by atomic mass is 9.72. The standard InChI is InChI=1S/C17H27N/c1-13-9-10-16(11-14(13)2)17(18-3)12-15-7-5-4-6-8-15/h4-8,13-14,16-18H,9-12H2,1-3H3. The van der Waals surface area contributed by atoms with Gasteiger partial charge in [0.1, 0.15) is 0 Å². The molecule has 4 atom stereocenters. The highest BCUT2D eigenvalue weighted by atomic mass is 14.9. The zero-order valence-corrected chi connectivity index (χ0v) is 12.0. The molecule has 2 rings (SSSR count). The second-order valence-electron chi connectivity index (χ2n) is 6.11. The van der Waals surface area contributed by atoms with Crippen LogP contribution < -0.4 is 5.32 Å². The first-order valence-corrected chi connectivity index (χ1v) is 7.42. The van der Waals surface area contributed by atoms with Gasteiger partial charge in [0, 0.05) is 6.04 Å². The van der Waals surface area contributed by atoms with Crippen molar-refractivity contribution in [1.29, 1.82) is 0 Å². The maximum absolute atomic E-state index is 3.56. The van der Waals surface area contributed by atoms with Gasteiger partial charge in [-0.15, -0.1) is 0 Å². The summed E-state index contributed by atoms with van der Waals surface area (Å²) in [5, 5.41) is 3.56. The second-order valence-corrected chi connectivity index (χ2v) is 6.11. The Morgan fingerprint density at radius 3 is 2.44 bits per heavy atom. The molecule has 1 fully saturated rings. The van der Waals surface area contributed by atoms with E-state index >= 15 is 0 Å². The molecule has 0 radical (unpaired) electrons. The van der Waals surface area contributed by atoms with Gasteiger partial charge in [-0.2, -0.15) is 0 Å². The lowest BCUT2D eigenvalue weighted by Gasteiger charge is -2.36. The van der Waals surface area contributed by atoms with E-state index in [2.05, 4.69) is 56.5 Å². The van der Waals surface area contributed by atoms with Crippen LogP contribution in [0.25, 0.3) is 0 Å². The highest BCUT2D eigenvalue weighted by Crippen LogP contribution is 2.35. The number of benzene rings is 1. The highest BCUT2D eigenvalue weighted by Gasteiger charge is 2.29. The molecule has 1 saturated carbocycles. The summed E-state index contributed by atoms with van der Waals surface area (Å²) in [4.78, 5) is 0. The maximum Gasteiger partial charge on any atom is 0.0133 e. The summed E-state index contributed by atoms with van der Waals surface area (Å²) in [6.07, 6.45) is 5.35. The first-order valence-electron chi connectivity index (χ1n) is 7.42. The van der Waals surface area contributed by atoms with Gasteiger partial charge in [0.2, 0.25) is 0 Å². The van der Waals surface area contributed by atoms with Gasteiger partial charge in [0.25, 0.3) is 0 Å². The first-order chi connectivity index (χ1) is 8.70. The summed E-state index contributed by atoms with van der Waals surface area (Å²) in [5.41, 5.74) is 1.46. The topological polar surface area (TPSA) is 12.0 Å². The van der Waals surface area contributed by atoms with Crippen molar-refractivity contribution in [2.45, 2.75) is 45.6 Å². The van der Waals surface area contributed by atoms with Crippen molar-refractivity contribution in [3.63, 3.8) is 0 Å². The van der Waals surface area contributed by atoms with Gasteiger partial charge in [-0.1, -0.05) is 50.6 Å². The van der Waals surface area contributed by atoms with Crippen molar-refractivity contribution in [1.82, 2.24) is 5.32 Å². The fourth-order valence-corrected chi connectivity index (χ4v) is 3.33. The molecule has 0 aromatic heterocycles. The van der Waals surface area contributed by atoms with Crippen LogP contribution in [-0.2, 0) is 6.42 Å². The minimum absolute atomic E-state index is 0.641. The van der Waals surface area contributed by atoms with Crippen molar-refractivity contribution in [2.75, 3.05) is 7.05 Å². The lowest BCUT2D eigenvalue weighted by molar-refractivity contribution is 0.173. The summed E-state index contributed by atoms with van der Waals surface area (Å²) in [6.45, 7) is 4.83. The zero-order valence-electron chi connectivity index (χ0n) is 12.0. The van der Waals surface area contributed by atoms with Crippen molar-refractivity contribution >= 4 is 0 Å². The van der Waals surface area contributed by atoms with E-state index in [1.807, 2.05) is 0 Å². The molecule has 1 nitrogen and oxygen atoms in total. The van der Waals surface area contributed by atoms with Gasteiger partial charge in [-0.3, -0.25) is 0 Å². The van der Waals surface area contributed by atoms with Crippen LogP contribution in [0.4, 0.5) is 0 Å². The van der Waals surface area contributed by atoms with E-state index < -0.39 is 0 Å². The average Bonchev–Trinajstić information content (AvgIpc) is 2.40. The van der Waals surface area contributed by atoms with Crippen LogP contribution in [0.5, 0.6) is 0 Å². The zero-order chi connectivity index (χ0) is 13.0. The van der Waals surface area contributed by atoms with Gasteiger partial charge < -0.3 is 5.32 Å². The largest absolute Gasteiger partial charge is 0.316 e. The monoisotopic (exact) mass is 245 g/mol. The van der Waals surface area contributed by atoms with E-state index in [1.54, 1.807) is 0 Å². The lowest BCUT2D eigenvalue weighted by Crippen LogP contribution is -2.39. The Morgan fingerprint density at radius 2 is 1.83 bits per heavy atom. The van der Waals surface area contributed by atoms with Crippen molar-refractivity contribution in [3.05, 3.63) is 35.9 Å². The predicted octanol–water partition coefficient (Wildman–Crippen LogP) is 3.89. The highest BCUT2D eigenvalue weighted by molar-refractivity contribution is 5.16. The molecular formula is C17H27N. The van der Waals surface area contributed by atoms with Crippen molar-refractivity contribution in [3.8, 4) is 0 Å². The molecule has 0 amide bonds. The predicted molar refractivity (Wildman–Crippen MR) is 78.7 cm³/mol. The van der Waals surface area contributed by atoms with Gasteiger partial charge in [-0.25, -0.2) is 0 Å². The molecule has 1 N–H and O–H groups in total. The number of likely N-dealkylation sites (N-methyl/N-ethyl adjacent to an activating group) is 1. The summed E-state index contributed by atoms with van der Waals surface area (Å²) in [5.74, 6) is 2.65. The van der Waals surface area contributed by atoms with E-state index in [4.69, 9.17) is 0 Å². The molecule has 0 spiro atoms. The van der Waals surface area contributed by atoms with E-state index in [1.165, 1.54) is 31.2 Å². The fraction of sp³-hybridized carbons (Fsp3) is 0.647. The first kappa shape index (κ1) is 13.6. The van der Waals surface area contributed by atoms with Crippen LogP contribution in [0, 0.1) is 17.8 Å². The van der Waals surface area contributed by atoms with Crippen LogP contribution in [0.1, 0.15) is 38.7 Å². The fourth-order valence-electron chi connectivity index (χ4n) is 3.33. The molecular weight excluding hydrogens is 218 g/mol. The van der Waals surface area contributed by atoms with E-state index in [0.717, 1.165) is 17.8 Å². The van der Waals surface area contributed by atoms with Crippen LogP contribution in [-0.4, -0.2) is 13.1 Å². The second kappa shape index (κ2) is 6.38. The molecule has 0 bridgehead atoms. The molecule has 100 valence electrons. The van der Waals surface area contributed by atoms with E-state index in [-0.39, 0.29) is 0 Å². The molecule has 1 aromatic rings. The number of hydrogen-bond acceptors (Lipinski definition) is 1. The maximum atomic E-state index is 3.56. The van der Waals surface area contributed by atoms with Crippen molar-refractivity contribution < 1.29 is 0 Å². The van der Waals surface area contributed by atoms with E-state index in [0.29, 0.717) is 6.04 Å². The van der Waals surface area contributed by atoms with Crippen LogP contribution in [0.3, 0.4) is 0 Å². The number of rotatable bonds is 4. The Kier molecular flexibility index (Phi) is 4.82. The summed E-state index contributed by atoms with van der Waals surface area (Å²) < 4.78 is 0. The Labute approximate surface area is 112 Å². The molecule has 1 aliphatic rings. The van der Waals surface area contributed by atoms with Crippen molar-refractivity contribution in [2.24, 2.45) is 17.8 Å². The Bertz CT molecular complexity index is 346. The van der Waals surface area contributed by atoms with E-state index in [9.17, 15) is 0 Å². The molecule has 0 saturated heterocycles. The Balaban J connectivity index is 1.97. The average molecular weight is 245 g/mol. The molecule has 0 heterocycles. The Morgan fingerprint density at radius 1 is 1.11 bits per heavy atom. The summed E-state index contributed by atoms with van der Waals surface area (Å²) in [7, 11) is 2.12. The normalized spacial score (nSPS) is 30.1. The molecule has 0 aliphatic heterocycles. The van der Waals surface area contributed by atoms with Gasteiger partial charge in [0.05, 0.1) is 0 Å². The molecule has 4 unspecified atom stereocenters. The van der Waals surface area contributed by atoms with Crippen LogP contribution in [0.15, 0.2) is 30.3 Å². The third-order valence-electron chi connectivity index (χ3n) is 4.88. The third kappa shape index (κ3) is 3.35. The van der Waals surface area contributed by atoms with Crippen LogP contribution in [0.2, 0.25) is 0 Å². The summed E-state index contributed by atoms with van der Waals surface area (Å²) >= 11 is 0. The van der Waals surface area contributed by atoms with Gasteiger partial charge in [-0.05, 0) is 49.6 Å². The Hall–Kier alpha value is -0.820. The quantitative estimate of drug-likeness (QED) is 0.848. The van der Waals surface area contributed by atoms with Crippen LogP contribution >= 0.6 is 0 Å². The van der Waals surface area contributed by atoms with Gasteiger partial charge in [0.15, 0.2) is 0 Å². The molecule has 1 heteroatoms. The number of nitrogens with one attached hydrogen (secondary N) is 1. The minimum Gasteiger partial charge on any atom is -0.316 e. The minimum atomic E-state index is 0.641. The number of hydrogen-bond donors (Lipinski definition) is 1. The molecule has 1 aliphatic carbocycles. The smallest absolute Gasteiger partial charge is 0.0133 e. The summed E-state index contributed by atoms with van der Waals surface area (Å²) in [6, 6.07) is 11.5. The third-order valence-corrected chi connectivity index (χ3v) is 4.88. The van der Waals surface area contributed by atoms with Gasteiger partial charge >= 0.3 is 0 Å². The molecule has 18 heavy (non-hydrogen) atoms. The molecule has 1 aromatic carbocycles. The SMILES string of the molecule is CNC(Cc1ccccc1)C1CCC(C)C(C)C1.